The number of anilines is 2. The standard InChI is InChI=1S/C28H28N6O4S/c35-27(31-22(28(36)37)19-38-18-20-7-2-1-3-8-20)21-17-25(32-26(30-21)23-9-6-16-39-23)34-14-12-33(13-15-34)24-10-4-5-11-29-24/h1-11,16-17,22H,12-15,18-19H2,(H,31,35)(H,36,37)/t22-/m0/s1. The Balaban J connectivity index is 1.30. The number of pyridine rings is 1. The lowest BCUT2D eigenvalue weighted by Crippen LogP contribution is -2.47. The van der Waals surface area contributed by atoms with Gasteiger partial charge < -0.3 is 25.0 Å². The Hall–Kier alpha value is -4.35. The fourth-order valence-electron chi connectivity index (χ4n) is 4.21. The summed E-state index contributed by atoms with van der Waals surface area (Å²) in [5.74, 6) is 0.181. The number of ether oxygens (including phenoxy) is 1. The van der Waals surface area contributed by atoms with Crippen LogP contribution in [0, 0.1) is 0 Å². The highest BCUT2D eigenvalue weighted by molar-refractivity contribution is 7.13. The van der Waals surface area contributed by atoms with E-state index in [4.69, 9.17) is 9.72 Å². The Morgan fingerprint density at radius 1 is 0.949 bits per heavy atom. The summed E-state index contributed by atoms with van der Waals surface area (Å²) in [6, 6.07) is 19.4. The minimum absolute atomic E-state index is 0.102. The number of rotatable bonds is 10. The van der Waals surface area contributed by atoms with Crippen LogP contribution in [-0.4, -0.2) is 70.8 Å². The molecule has 5 rings (SSSR count). The number of carboxylic acids is 1. The van der Waals surface area contributed by atoms with Gasteiger partial charge in [0.05, 0.1) is 18.1 Å². The lowest BCUT2D eigenvalue weighted by atomic mass is 10.2. The Bertz CT molecular complexity index is 1380. The molecule has 3 aromatic heterocycles. The van der Waals surface area contributed by atoms with Crippen LogP contribution >= 0.6 is 11.3 Å². The van der Waals surface area contributed by atoms with Gasteiger partial charge in [0, 0.05) is 38.4 Å². The van der Waals surface area contributed by atoms with E-state index in [0.29, 0.717) is 24.7 Å². The smallest absolute Gasteiger partial charge is 0.328 e. The normalized spacial score (nSPS) is 14.2. The topological polar surface area (TPSA) is 121 Å². The van der Waals surface area contributed by atoms with Crippen LogP contribution in [0.5, 0.6) is 0 Å². The highest BCUT2D eigenvalue weighted by Crippen LogP contribution is 2.25. The number of aliphatic carboxylic acids is 1. The maximum atomic E-state index is 13.2. The van der Waals surface area contributed by atoms with Gasteiger partial charge in [-0.15, -0.1) is 11.3 Å². The minimum Gasteiger partial charge on any atom is -0.480 e. The van der Waals surface area contributed by atoms with Crippen LogP contribution < -0.4 is 15.1 Å². The highest BCUT2D eigenvalue weighted by atomic mass is 32.1. The first-order chi connectivity index (χ1) is 19.1. The lowest BCUT2D eigenvalue weighted by molar-refractivity contribution is -0.141. The van der Waals surface area contributed by atoms with Gasteiger partial charge in [0.1, 0.15) is 17.3 Å². The van der Waals surface area contributed by atoms with Crippen LogP contribution in [0.3, 0.4) is 0 Å². The van der Waals surface area contributed by atoms with Crippen molar-refractivity contribution in [3.63, 3.8) is 0 Å². The molecule has 0 aliphatic carbocycles. The number of hydrogen-bond donors (Lipinski definition) is 2. The molecule has 11 heteroatoms. The molecule has 0 unspecified atom stereocenters. The Morgan fingerprint density at radius 3 is 2.36 bits per heavy atom. The van der Waals surface area contributed by atoms with Crippen molar-refractivity contribution in [2.75, 3.05) is 42.6 Å². The third kappa shape index (κ3) is 6.75. The predicted octanol–water partition coefficient (Wildman–Crippen LogP) is 3.33. The quantitative estimate of drug-likeness (QED) is 0.310. The first-order valence-electron chi connectivity index (χ1n) is 12.6. The summed E-state index contributed by atoms with van der Waals surface area (Å²) in [6.45, 7) is 2.92. The summed E-state index contributed by atoms with van der Waals surface area (Å²) in [4.78, 5) is 43.9. The van der Waals surface area contributed by atoms with E-state index in [-0.39, 0.29) is 18.9 Å². The van der Waals surface area contributed by atoms with Crippen molar-refractivity contribution in [3.8, 4) is 10.7 Å². The third-order valence-corrected chi connectivity index (χ3v) is 7.13. The molecule has 1 saturated heterocycles. The molecule has 1 fully saturated rings. The van der Waals surface area contributed by atoms with Crippen molar-refractivity contribution in [2.24, 2.45) is 0 Å². The minimum atomic E-state index is -1.23. The molecule has 4 aromatic rings. The number of nitrogens with zero attached hydrogens (tertiary/aromatic N) is 5. The SMILES string of the molecule is O=C(N[C@@H](COCc1ccccc1)C(=O)O)c1cc(N2CCN(c3ccccn3)CC2)nc(-c2cccs2)n1. The Labute approximate surface area is 229 Å². The average Bonchev–Trinajstić information content (AvgIpc) is 3.53. The summed E-state index contributed by atoms with van der Waals surface area (Å²) in [6.07, 6.45) is 1.78. The van der Waals surface area contributed by atoms with Crippen molar-refractivity contribution in [2.45, 2.75) is 12.6 Å². The monoisotopic (exact) mass is 544 g/mol. The maximum Gasteiger partial charge on any atom is 0.328 e. The van der Waals surface area contributed by atoms with E-state index >= 15 is 0 Å². The summed E-state index contributed by atoms with van der Waals surface area (Å²) < 4.78 is 5.58. The number of hydrogen-bond acceptors (Lipinski definition) is 9. The summed E-state index contributed by atoms with van der Waals surface area (Å²) in [5.41, 5.74) is 1.02. The number of thiophene rings is 1. The molecular formula is C28H28N6O4S. The van der Waals surface area contributed by atoms with Crippen LogP contribution in [0.2, 0.25) is 0 Å². The van der Waals surface area contributed by atoms with Gasteiger partial charge in [-0.1, -0.05) is 42.5 Å². The molecule has 200 valence electrons. The van der Waals surface area contributed by atoms with Crippen molar-refractivity contribution in [1.82, 2.24) is 20.3 Å². The van der Waals surface area contributed by atoms with Gasteiger partial charge in [0.25, 0.3) is 5.91 Å². The van der Waals surface area contributed by atoms with Crippen molar-refractivity contribution >= 4 is 34.8 Å². The molecule has 1 atom stereocenters. The van der Waals surface area contributed by atoms with E-state index in [1.807, 2.05) is 66.0 Å². The molecule has 0 saturated carbocycles. The van der Waals surface area contributed by atoms with E-state index < -0.39 is 17.9 Å². The Morgan fingerprint density at radius 2 is 1.69 bits per heavy atom. The van der Waals surface area contributed by atoms with E-state index in [1.165, 1.54) is 11.3 Å². The predicted molar refractivity (Wildman–Crippen MR) is 149 cm³/mol. The van der Waals surface area contributed by atoms with Gasteiger partial charge in [0.2, 0.25) is 0 Å². The highest BCUT2D eigenvalue weighted by Gasteiger charge is 2.25. The third-order valence-electron chi connectivity index (χ3n) is 6.26. The molecule has 1 aromatic carbocycles. The number of carbonyl (C=O) groups is 2. The van der Waals surface area contributed by atoms with Gasteiger partial charge in [0.15, 0.2) is 11.9 Å². The number of carbonyl (C=O) groups excluding carboxylic acids is 1. The van der Waals surface area contributed by atoms with Crippen molar-refractivity contribution < 1.29 is 19.4 Å². The van der Waals surface area contributed by atoms with Crippen LogP contribution in [-0.2, 0) is 16.1 Å². The van der Waals surface area contributed by atoms with E-state index in [2.05, 4.69) is 25.1 Å². The molecule has 0 radical (unpaired) electrons. The van der Waals surface area contributed by atoms with Crippen molar-refractivity contribution in [3.05, 3.63) is 89.6 Å². The van der Waals surface area contributed by atoms with Crippen LogP contribution in [0.15, 0.2) is 78.3 Å². The summed E-state index contributed by atoms with van der Waals surface area (Å²) >= 11 is 1.47. The molecule has 1 aliphatic heterocycles. The van der Waals surface area contributed by atoms with Crippen molar-refractivity contribution in [1.29, 1.82) is 0 Å². The molecular weight excluding hydrogens is 516 g/mol. The Kier molecular flexibility index (Phi) is 8.39. The van der Waals surface area contributed by atoms with Crippen LogP contribution in [0.1, 0.15) is 16.1 Å². The molecule has 0 spiro atoms. The molecule has 4 heterocycles. The zero-order chi connectivity index (χ0) is 27.0. The number of carboxylic acid groups (broad SMARTS) is 1. The lowest BCUT2D eigenvalue weighted by Gasteiger charge is -2.36. The molecule has 1 amide bonds. The number of amides is 1. The van der Waals surface area contributed by atoms with Crippen LogP contribution in [0.25, 0.3) is 10.7 Å². The first-order valence-corrected chi connectivity index (χ1v) is 13.4. The van der Waals surface area contributed by atoms with Gasteiger partial charge in [-0.3, -0.25) is 4.79 Å². The van der Waals surface area contributed by atoms with Gasteiger partial charge >= 0.3 is 5.97 Å². The number of benzene rings is 1. The van der Waals surface area contributed by atoms with E-state index in [1.54, 1.807) is 12.3 Å². The number of nitrogens with one attached hydrogen (secondary N) is 1. The fraction of sp³-hybridized carbons (Fsp3) is 0.250. The second-order valence-corrected chi connectivity index (χ2v) is 9.89. The van der Waals surface area contributed by atoms with Gasteiger partial charge in [-0.2, -0.15) is 0 Å². The molecule has 1 aliphatic rings. The van der Waals surface area contributed by atoms with E-state index in [0.717, 1.165) is 29.3 Å². The van der Waals surface area contributed by atoms with Gasteiger partial charge in [-0.05, 0) is 29.1 Å². The first kappa shape index (κ1) is 26.3. The second kappa shape index (κ2) is 12.5. The summed E-state index contributed by atoms with van der Waals surface area (Å²) in [5, 5.41) is 14.2. The fourth-order valence-corrected chi connectivity index (χ4v) is 4.87. The van der Waals surface area contributed by atoms with Crippen LogP contribution in [0.4, 0.5) is 11.6 Å². The molecule has 10 nitrogen and oxygen atoms in total. The molecule has 39 heavy (non-hydrogen) atoms. The zero-order valence-corrected chi connectivity index (χ0v) is 22.0. The number of piperazine rings is 1. The van der Waals surface area contributed by atoms with E-state index in [9.17, 15) is 14.7 Å². The average molecular weight is 545 g/mol. The number of aromatic nitrogens is 3. The molecule has 2 N–H and O–H groups in total. The zero-order valence-electron chi connectivity index (χ0n) is 21.1. The van der Waals surface area contributed by atoms with Gasteiger partial charge in [-0.25, -0.2) is 19.7 Å². The summed E-state index contributed by atoms with van der Waals surface area (Å²) in [7, 11) is 0. The molecule has 0 bridgehead atoms. The maximum absolute atomic E-state index is 13.2. The largest absolute Gasteiger partial charge is 0.480 e. The second-order valence-electron chi connectivity index (χ2n) is 8.94.